The number of piperazine rings is 1. The number of anilines is 1. The zero-order valence-electron chi connectivity index (χ0n) is 17.2. The van der Waals surface area contributed by atoms with E-state index in [0.29, 0.717) is 0 Å². The van der Waals surface area contributed by atoms with Gasteiger partial charge in [0.05, 0.1) is 10.2 Å². The number of nitrogens with zero attached hydrogens (tertiary/aromatic N) is 3. The van der Waals surface area contributed by atoms with Gasteiger partial charge in [0.2, 0.25) is 5.91 Å². The molecule has 1 N–H and O–H groups in total. The van der Waals surface area contributed by atoms with Gasteiger partial charge in [0.25, 0.3) is 0 Å². The van der Waals surface area contributed by atoms with Crippen molar-refractivity contribution in [3.8, 4) is 0 Å². The van der Waals surface area contributed by atoms with Crippen LogP contribution in [0.2, 0.25) is 0 Å². The van der Waals surface area contributed by atoms with E-state index in [0.717, 1.165) is 62.8 Å². The second-order valence-corrected chi connectivity index (χ2v) is 9.39. The van der Waals surface area contributed by atoms with Crippen molar-refractivity contribution < 1.29 is 4.79 Å². The Kier molecular flexibility index (Phi) is 6.16. The number of hydrogen-bond donors (Lipinski definition) is 1. The number of benzene rings is 1. The molecule has 1 saturated carbocycles. The molecule has 152 valence electrons. The van der Waals surface area contributed by atoms with Crippen LogP contribution in [-0.2, 0) is 4.79 Å². The molecule has 6 heteroatoms. The fraction of sp³-hybridized carbons (Fsp3) is 0.636. The number of rotatable bonds is 5. The summed E-state index contributed by atoms with van der Waals surface area (Å²) in [7, 11) is 0. The highest BCUT2D eigenvalue weighted by Crippen LogP contribution is 2.32. The van der Waals surface area contributed by atoms with E-state index < -0.39 is 0 Å². The third-order valence-corrected chi connectivity index (χ3v) is 7.23. The molecule has 0 unspecified atom stereocenters. The first-order valence-corrected chi connectivity index (χ1v) is 11.5. The Labute approximate surface area is 172 Å². The number of amides is 1. The van der Waals surface area contributed by atoms with Gasteiger partial charge < -0.3 is 10.2 Å². The summed E-state index contributed by atoms with van der Waals surface area (Å²) in [5, 5.41) is 4.31. The van der Waals surface area contributed by atoms with Gasteiger partial charge in [-0.1, -0.05) is 36.7 Å². The largest absolute Gasteiger partial charge is 0.355 e. The van der Waals surface area contributed by atoms with E-state index in [1.54, 1.807) is 0 Å². The Morgan fingerprint density at radius 2 is 1.89 bits per heavy atom. The second kappa shape index (κ2) is 8.78. The molecular formula is C22H32N4OS. The minimum Gasteiger partial charge on any atom is -0.355 e. The number of hydrogen-bond acceptors (Lipinski definition) is 5. The molecule has 1 aromatic carbocycles. The number of fused-ring (bicyclic) bond motifs is 1. The van der Waals surface area contributed by atoms with Gasteiger partial charge in [0, 0.05) is 45.2 Å². The van der Waals surface area contributed by atoms with Crippen LogP contribution in [0.15, 0.2) is 12.1 Å². The summed E-state index contributed by atoms with van der Waals surface area (Å²) in [4.78, 5) is 22.0. The highest BCUT2D eigenvalue weighted by atomic mass is 32.1. The Morgan fingerprint density at radius 3 is 2.64 bits per heavy atom. The van der Waals surface area contributed by atoms with Gasteiger partial charge in [0.1, 0.15) is 0 Å². The average Bonchev–Trinajstić information content (AvgIpc) is 3.13. The van der Waals surface area contributed by atoms with Crippen LogP contribution in [0, 0.1) is 19.8 Å². The van der Waals surface area contributed by atoms with Crippen molar-refractivity contribution in [2.24, 2.45) is 5.92 Å². The molecule has 2 aliphatic rings. The van der Waals surface area contributed by atoms with E-state index in [1.165, 1.54) is 35.1 Å². The Balaban J connectivity index is 1.24. The van der Waals surface area contributed by atoms with E-state index in [1.807, 2.05) is 11.3 Å². The summed E-state index contributed by atoms with van der Waals surface area (Å²) < 4.78 is 1.29. The topological polar surface area (TPSA) is 48.5 Å². The average molecular weight is 401 g/mol. The summed E-state index contributed by atoms with van der Waals surface area (Å²) >= 11 is 1.81. The van der Waals surface area contributed by atoms with E-state index in [9.17, 15) is 4.79 Å². The highest BCUT2D eigenvalue weighted by Gasteiger charge is 2.22. The standard InChI is InChI=1S/C22H32N4OS/c1-16-14-17(2)20-19(15-16)28-22(24-20)26-12-10-25(11-13-26)9-8-23-21(27)18-6-4-3-5-7-18/h14-15,18H,3-13H2,1-2H3,(H,23,27). The van der Waals surface area contributed by atoms with E-state index in [2.05, 4.69) is 41.1 Å². The minimum atomic E-state index is 0.261. The Hall–Kier alpha value is -1.66. The monoisotopic (exact) mass is 400 g/mol. The van der Waals surface area contributed by atoms with Gasteiger partial charge in [-0.3, -0.25) is 9.69 Å². The van der Waals surface area contributed by atoms with Crippen molar-refractivity contribution >= 4 is 32.6 Å². The third-order valence-electron chi connectivity index (χ3n) is 6.16. The van der Waals surface area contributed by atoms with Crippen molar-refractivity contribution in [2.45, 2.75) is 46.0 Å². The lowest BCUT2D eigenvalue weighted by Crippen LogP contribution is -2.48. The summed E-state index contributed by atoms with van der Waals surface area (Å²) in [6, 6.07) is 4.46. The molecule has 4 rings (SSSR count). The molecule has 0 bridgehead atoms. The summed E-state index contributed by atoms with van der Waals surface area (Å²) in [6.45, 7) is 10.1. The molecule has 2 heterocycles. The quantitative estimate of drug-likeness (QED) is 0.831. The molecule has 0 spiro atoms. The van der Waals surface area contributed by atoms with Crippen LogP contribution >= 0.6 is 11.3 Å². The first-order valence-electron chi connectivity index (χ1n) is 10.7. The molecule has 1 amide bonds. The molecular weight excluding hydrogens is 368 g/mol. The maximum atomic E-state index is 12.3. The Bertz CT molecular complexity index is 819. The second-order valence-electron chi connectivity index (χ2n) is 8.38. The van der Waals surface area contributed by atoms with E-state index in [4.69, 9.17) is 4.98 Å². The summed E-state index contributed by atoms with van der Waals surface area (Å²) in [5.41, 5.74) is 3.73. The molecule has 1 aliphatic heterocycles. The van der Waals surface area contributed by atoms with Crippen molar-refractivity contribution in [1.29, 1.82) is 0 Å². The van der Waals surface area contributed by atoms with Crippen LogP contribution in [0.1, 0.15) is 43.2 Å². The molecule has 2 aromatic rings. The molecule has 5 nitrogen and oxygen atoms in total. The minimum absolute atomic E-state index is 0.261. The Morgan fingerprint density at radius 1 is 1.14 bits per heavy atom. The lowest BCUT2D eigenvalue weighted by atomic mass is 9.89. The number of aromatic nitrogens is 1. The number of carbonyl (C=O) groups excluding carboxylic acids is 1. The van der Waals surface area contributed by atoms with Gasteiger partial charge in [-0.15, -0.1) is 0 Å². The van der Waals surface area contributed by atoms with Crippen LogP contribution in [0.5, 0.6) is 0 Å². The fourth-order valence-electron chi connectivity index (χ4n) is 4.50. The maximum absolute atomic E-state index is 12.3. The lowest BCUT2D eigenvalue weighted by Gasteiger charge is -2.34. The number of aryl methyl sites for hydroxylation is 2. The van der Waals surface area contributed by atoms with Crippen molar-refractivity contribution in [3.05, 3.63) is 23.3 Å². The van der Waals surface area contributed by atoms with Gasteiger partial charge in [-0.05, 0) is 43.9 Å². The lowest BCUT2D eigenvalue weighted by molar-refractivity contribution is -0.125. The zero-order chi connectivity index (χ0) is 19.5. The van der Waals surface area contributed by atoms with Crippen LogP contribution < -0.4 is 10.2 Å². The zero-order valence-corrected chi connectivity index (χ0v) is 18.0. The first-order chi connectivity index (χ1) is 13.6. The smallest absolute Gasteiger partial charge is 0.223 e. The predicted molar refractivity (Wildman–Crippen MR) is 117 cm³/mol. The number of thiazole rings is 1. The molecule has 28 heavy (non-hydrogen) atoms. The highest BCUT2D eigenvalue weighted by molar-refractivity contribution is 7.22. The fourth-order valence-corrected chi connectivity index (χ4v) is 5.70. The van der Waals surface area contributed by atoms with Gasteiger partial charge in [0.15, 0.2) is 5.13 Å². The molecule has 1 saturated heterocycles. The van der Waals surface area contributed by atoms with Gasteiger partial charge >= 0.3 is 0 Å². The maximum Gasteiger partial charge on any atom is 0.223 e. The molecule has 2 fully saturated rings. The van der Waals surface area contributed by atoms with Gasteiger partial charge in [-0.2, -0.15) is 0 Å². The van der Waals surface area contributed by atoms with Crippen LogP contribution in [-0.4, -0.2) is 55.1 Å². The summed E-state index contributed by atoms with van der Waals surface area (Å²) in [5.74, 6) is 0.537. The van der Waals surface area contributed by atoms with Crippen molar-refractivity contribution in [2.75, 3.05) is 44.2 Å². The van der Waals surface area contributed by atoms with E-state index >= 15 is 0 Å². The van der Waals surface area contributed by atoms with Crippen LogP contribution in [0.25, 0.3) is 10.2 Å². The number of carbonyl (C=O) groups is 1. The third kappa shape index (κ3) is 4.49. The molecule has 1 aromatic heterocycles. The summed E-state index contributed by atoms with van der Waals surface area (Å²) in [6.07, 6.45) is 5.87. The van der Waals surface area contributed by atoms with Crippen LogP contribution in [0.3, 0.4) is 0 Å². The van der Waals surface area contributed by atoms with Gasteiger partial charge in [-0.25, -0.2) is 4.98 Å². The first kappa shape index (κ1) is 19.6. The van der Waals surface area contributed by atoms with Crippen LogP contribution in [0.4, 0.5) is 5.13 Å². The molecule has 1 aliphatic carbocycles. The number of nitrogens with one attached hydrogen (secondary N) is 1. The normalized spacial score (nSPS) is 19.3. The predicted octanol–water partition coefficient (Wildman–Crippen LogP) is 3.73. The van der Waals surface area contributed by atoms with E-state index in [-0.39, 0.29) is 11.8 Å². The SMILES string of the molecule is Cc1cc(C)c2nc(N3CCN(CCNC(=O)C4CCCCC4)CC3)sc2c1. The molecule has 0 atom stereocenters. The molecule has 0 radical (unpaired) electrons. The van der Waals surface area contributed by atoms with Crippen molar-refractivity contribution in [3.63, 3.8) is 0 Å². The van der Waals surface area contributed by atoms with Crippen molar-refractivity contribution in [1.82, 2.24) is 15.2 Å².